The minimum atomic E-state index is -1.08. The van der Waals surface area contributed by atoms with Crippen molar-refractivity contribution in [1.82, 2.24) is 5.32 Å². The van der Waals surface area contributed by atoms with Gasteiger partial charge in [-0.25, -0.2) is 4.79 Å². The lowest BCUT2D eigenvalue weighted by molar-refractivity contribution is -0.384. The van der Waals surface area contributed by atoms with E-state index >= 15 is 0 Å². The number of esters is 1. The van der Waals surface area contributed by atoms with Gasteiger partial charge in [0.2, 0.25) is 5.91 Å². The molecule has 0 saturated heterocycles. The molecule has 2 amide bonds. The van der Waals surface area contributed by atoms with Gasteiger partial charge in [-0.1, -0.05) is 0 Å². The molecule has 0 spiro atoms. The zero-order valence-corrected chi connectivity index (χ0v) is 19.3. The van der Waals surface area contributed by atoms with Gasteiger partial charge in [-0.05, 0) is 60.5 Å². The zero-order chi connectivity index (χ0) is 24.7. The second-order valence-corrected chi connectivity index (χ2v) is 9.20. The highest BCUT2D eigenvalue weighted by atomic mass is 16.6. The van der Waals surface area contributed by atoms with Gasteiger partial charge in [0.25, 0.3) is 5.69 Å². The van der Waals surface area contributed by atoms with Crippen LogP contribution in [0.4, 0.5) is 21.9 Å². The molecule has 0 aliphatic heterocycles. The van der Waals surface area contributed by atoms with Crippen LogP contribution < -0.4 is 16.4 Å². The van der Waals surface area contributed by atoms with Crippen molar-refractivity contribution in [2.75, 3.05) is 11.1 Å². The van der Waals surface area contributed by atoms with Gasteiger partial charge < -0.3 is 25.8 Å². The average Bonchev–Trinajstić information content (AvgIpc) is 2.59. The van der Waals surface area contributed by atoms with E-state index in [0.717, 1.165) is 6.07 Å². The van der Waals surface area contributed by atoms with E-state index in [9.17, 15) is 24.5 Å². The summed E-state index contributed by atoms with van der Waals surface area (Å²) in [6, 6.07) is 2.55. The second kappa shape index (κ2) is 10.8. The van der Waals surface area contributed by atoms with E-state index in [-0.39, 0.29) is 36.3 Å². The molecule has 0 aromatic heterocycles. The van der Waals surface area contributed by atoms with Gasteiger partial charge in [-0.2, -0.15) is 0 Å². The van der Waals surface area contributed by atoms with Crippen LogP contribution >= 0.6 is 0 Å². The molecule has 0 aliphatic rings. The van der Waals surface area contributed by atoms with Crippen LogP contribution in [-0.4, -0.2) is 40.1 Å². The van der Waals surface area contributed by atoms with E-state index in [4.69, 9.17) is 15.2 Å². The zero-order valence-electron chi connectivity index (χ0n) is 19.3. The van der Waals surface area contributed by atoms with E-state index in [1.165, 1.54) is 12.1 Å². The molecule has 1 rings (SSSR count). The number of nitro benzene ring substituents is 1. The Balaban J connectivity index is 2.92. The standard InChI is InChI=1S/C21H32N4O7/c1-20(2,3)31-17(26)9-7-8-15(24-19(28)32-21(4,5)6)18(27)23-16-12-13(25(29)30)10-11-14(16)22/h10-12,15H,7-9,22H2,1-6H3,(H,23,27)(H,24,28)/t15-/m0/s1. The third-order valence-electron chi connectivity index (χ3n) is 3.81. The van der Waals surface area contributed by atoms with Crippen molar-refractivity contribution in [1.29, 1.82) is 0 Å². The molecule has 32 heavy (non-hydrogen) atoms. The molecular formula is C21H32N4O7. The number of carbonyl (C=O) groups excluding carboxylic acids is 3. The quantitative estimate of drug-likeness (QED) is 0.233. The fourth-order valence-electron chi connectivity index (χ4n) is 2.55. The highest BCUT2D eigenvalue weighted by Crippen LogP contribution is 2.25. The first-order chi connectivity index (χ1) is 14.6. The number of nitro groups is 1. The number of alkyl carbamates (subject to hydrolysis) is 1. The number of benzene rings is 1. The van der Waals surface area contributed by atoms with Crippen LogP contribution in [0.3, 0.4) is 0 Å². The van der Waals surface area contributed by atoms with Gasteiger partial charge in [0.15, 0.2) is 0 Å². The van der Waals surface area contributed by atoms with Crippen LogP contribution in [0, 0.1) is 10.1 Å². The number of amides is 2. The van der Waals surface area contributed by atoms with Gasteiger partial charge in [0.05, 0.1) is 16.3 Å². The highest BCUT2D eigenvalue weighted by Gasteiger charge is 2.26. The first kappa shape index (κ1) is 26.7. The number of hydrogen-bond donors (Lipinski definition) is 3. The smallest absolute Gasteiger partial charge is 0.408 e. The van der Waals surface area contributed by atoms with Crippen molar-refractivity contribution in [3.8, 4) is 0 Å². The summed E-state index contributed by atoms with van der Waals surface area (Å²) in [5.74, 6) is -1.09. The lowest BCUT2D eigenvalue weighted by Gasteiger charge is -2.24. The number of non-ortho nitro benzene ring substituents is 1. The van der Waals surface area contributed by atoms with Crippen LogP contribution in [0.25, 0.3) is 0 Å². The monoisotopic (exact) mass is 452 g/mol. The number of nitrogen functional groups attached to an aromatic ring is 1. The molecule has 1 aromatic rings. The van der Waals surface area contributed by atoms with E-state index in [2.05, 4.69) is 10.6 Å². The topological polar surface area (TPSA) is 163 Å². The van der Waals surface area contributed by atoms with E-state index in [1.54, 1.807) is 41.5 Å². The maximum Gasteiger partial charge on any atom is 0.408 e. The number of ether oxygens (including phenoxy) is 2. The van der Waals surface area contributed by atoms with Crippen molar-refractivity contribution in [3.63, 3.8) is 0 Å². The molecule has 0 aliphatic carbocycles. The molecule has 0 saturated carbocycles. The Morgan fingerprint density at radius 1 is 1.09 bits per heavy atom. The molecule has 0 bridgehead atoms. The van der Waals surface area contributed by atoms with Gasteiger partial charge >= 0.3 is 12.1 Å². The van der Waals surface area contributed by atoms with Crippen molar-refractivity contribution in [3.05, 3.63) is 28.3 Å². The highest BCUT2D eigenvalue weighted by molar-refractivity contribution is 5.99. The van der Waals surface area contributed by atoms with Gasteiger partial charge in [-0.15, -0.1) is 0 Å². The lowest BCUT2D eigenvalue weighted by Crippen LogP contribution is -2.46. The molecule has 1 aromatic carbocycles. The summed E-state index contributed by atoms with van der Waals surface area (Å²) in [6.07, 6.45) is -0.440. The second-order valence-electron chi connectivity index (χ2n) is 9.20. The molecule has 0 radical (unpaired) electrons. The lowest BCUT2D eigenvalue weighted by atomic mass is 10.1. The van der Waals surface area contributed by atoms with Crippen LogP contribution in [0.15, 0.2) is 18.2 Å². The summed E-state index contributed by atoms with van der Waals surface area (Å²) >= 11 is 0. The molecule has 11 nitrogen and oxygen atoms in total. The largest absolute Gasteiger partial charge is 0.460 e. The molecule has 0 unspecified atom stereocenters. The van der Waals surface area contributed by atoms with Gasteiger partial charge in [0.1, 0.15) is 17.2 Å². The number of rotatable bonds is 8. The van der Waals surface area contributed by atoms with Crippen LogP contribution in [-0.2, 0) is 19.1 Å². The third-order valence-corrected chi connectivity index (χ3v) is 3.81. The molecule has 0 fully saturated rings. The van der Waals surface area contributed by atoms with Crippen molar-refractivity contribution >= 4 is 35.0 Å². The Bertz CT molecular complexity index is 857. The summed E-state index contributed by atoms with van der Waals surface area (Å²) in [5.41, 5.74) is 4.29. The molecular weight excluding hydrogens is 420 g/mol. The summed E-state index contributed by atoms with van der Waals surface area (Å²) < 4.78 is 10.4. The summed E-state index contributed by atoms with van der Waals surface area (Å²) in [5, 5.41) is 16.0. The normalized spacial score (nSPS) is 12.4. The summed E-state index contributed by atoms with van der Waals surface area (Å²) in [7, 11) is 0. The molecule has 4 N–H and O–H groups in total. The Morgan fingerprint density at radius 3 is 2.22 bits per heavy atom. The molecule has 11 heteroatoms. The van der Waals surface area contributed by atoms with Crippen molar-refractivity contribution in [2.45, 2.75) is 78.0 Å². The molecule has 178 valence electrons. The number of anilines is 2. The first-order valence-electron chi connectivity index (χ1n) is 10.1. The summed E-state index contributed by atoms with van der Waals surface area (Å²) in [6.45, 7) is 10.3. The van der Waals surface area contributed by atoms with Crippen molar-refractivity contribution < 1.29 is 28.8 Å². The summed E-state index contributed by atoms with van der Waals surface area (Å²) in [4.78, 5) is 47.4. The van der Waals surface area contributed by atoms with Crippen LogP contribution in [0.2, 0.25) is 0 Å². The maximum absolute atomic E-state index is 12.8. The number of nitrogens with one attached hydrogen (secondary N) is 2. The Kier molecular flexibility index (Phi) is 8.98. The Labute approximate surface area is 187 Å². The van der Waals surface area contributed by atoms with Crippen molar-refractivity contribution in [2.24, 2.45) is 0 Å². The molecule has 0 heterocycles. The average molecular weight is 453 g/mol. The molecule has 1 atom stereocenters. The van der Waals surface area contributed by atoms with E-state index in [0.29, 0.717) is 0 Å². The number of nitrogens with zero attached hydrogens (tertiary/aromatic N) is 1. The fraction of sp³-hybridized carbons (Fsp3) is 0.571. The maximum atomic E-state index is 12.8. The third kappa shape index (κ3) is 10.1. The fourth-order valence-corrected chi connectivity index (χ4v) is 2.55. The first-order valence-corrected chi connectivity index (χ1v) is 10.1. The predicted molar refractivity (Wildman–Crippen MR) is 119 cm³/mol. The van der Waals surface area contributed by atoms with Crippen LogP contribution in [0.5, 0.6) is 0 Å². The van der Waals surface area contributed by atoms with Crippen LogP contribution in [0.1, 0.15) is 60.8 Å². The predicted octanol–water partition coefficient (Wildman–Crippen LogP) is 3.52. The number of carbonyl (C=O) groups is 3. The minimum Gasteiger partial charge on any atom is -0.460 e. The Hall–Kier alpha value is -3.37. The Morgan fingerprint density at radius 2 is 1.69 bits per heavy atom. The van der Waals surface area contributed by atoms with E-state index in [1.807, 2.05) is 0 Å². The van der Waals surface area contributed by atoms with Gasteiger partial charge in [-0.3, -0.25) is 19.7 Å². The SMILES string of the molecule is CC(C)(C)OC(=O)CCC[C@H](NC(=O)OC(C)(C)C)C(=O)Nc1cc([N+](=O)[O-])ccc1N. The van der Waals surface area contributed by atoms with E-state index < -0.39 is 40.1 Å². The minimum absolute atomic E-state index is 0.0346. The van der Waals surface area contributed by atoms with Gasteiger partial charge in [0, 0.05) is 18.6 Å². The number of hydrogen-bond acceptors (Lipinski definition) is 8. The number of nitrogens with two attached hydrogens (primary N) is 1.